The number of thiophene rings is 1. The van der Waals surface area contributed by atoms with Crippen molar-refractivity contribution in [3.8, 4) is 11.5 Å². The van der Waals surface area contributed by atoms with Gasteiger partial charge in [-0.05, 0) is 50.4 Å². The predicted molar refractivity (Wildman–Crippen MR) is 120 cm³/mol. The summed E-state index contributed by atoms with van der Waals surface area (Å²) in [6, 6.07) is 10.6. The predicted octanol–water partition coefficient (Wildman–Crippen LogP) is 3.66. The quantitative estimate of drug-likeness (QED) is 0.483. The molecule has 3 rings (SSSR count). The molecular formula is C22H32N4O2S. The molecule has 1 aliphatic rings. The van der Waals surface area contributed by atoms with Gasteiger partial charge in [-0.1, -0.05) is 18.2 Å². The number of rotatable bonds is 9. The summed E-state index contributed by atoms with van der Waals surface area (Å²) in [4.78, 5) is 8.78. The molecule has 158 valence electrons. The van der Waals surface area contributed by atoms with Crippen molar-refractivity contribution in [2.45, 2.75) is 32.4 Å². The SMILES string of the molecule is CCNC(=NCc1cccc(OC)c1OC)NCC(c1cccs1)N1CCCC1. The molecule has 0 amide bonds. The first-order valence-corrected chi connectivity index (χ1v) is 11.1. The Morgan fingerprint density at radius 1 is 1.14 bits per heavy atom. The standard InChI is InChI=1S/C22H32N4O2S/c1-4-23-22(24-15-17-9-7-10-19(27-2)21(17)28-3)25-16-18(20-11-8-14-29-20)26-12-5-6-13-26/h7-11,14,18H,4-6,12-13,15-16H2,1-3H3,(H2,23,24,25). The highest BCUT2D eigenvalue weighted by molar-refractivity contribution is 7.10. The summed E-state index contributed by atoms with van der Waals surface area (Å²) < 4.78 is 10.9. The van der Waals surface area contributed by atoms with E-state index in [4.69, 9.17) is 14.5 Å². The van der Waals surface area contributed by atoms with Crippen molar-refractivity contribution in [3.05, 3.63) is 46.2 Å². The molecular weight excluding hydrogens is 384 g/mol. The van der Waals surface area contributed by atoms with Crippen molar-refractivity contribution >= 4 is 17.3 Å². The third-order valence-corrected chi connectivity index (χ3v) is 6.13. The number of benzene rings is 1. The molecule has 2 aromatic rings. The Balaban J connectivity index is 1.70. The Kier molecular flexibility index (Phi) is 8.19. The van der Waals surface area contributed by atoms with E-state index in [9.17, 15) is 0 Å². The topological polar surface area (TPSA) is 58.1 Å². The molecule has 0 spiro atoms. The van der Waals surface area contributed by atoms with Gasteiger partial charge >= 0.3 is 0 Å². The number of guanidine groups is 1. The van der Waals surface area contributed by atoms with Gasteiger partial charge in [0, 0.05) is 23.5 Å². The second-order valence-electron chi connectivity index (χ2n) is 7.00. The molecule has 1 aromatic carbocycles. The number of likely N-dealkylation sites (tertiary alicyclic amines) is 1. The van der Waals surface area contributed by atoms with Crippen molar-refractivity contribution in [1.82, 2.24) is 15.5 Å². The van der Waals surface area contributed by atoms with Crippen LogP contribution in [0, 0.1) is 0 Å². The fourth-order valence-electron chi connectivity index (χ4n) is 3.72. The second kappa shape index (κ2) is 11.1. The van der Waals surface area contributed by atoms with Gasteiger partial charge in [-0.2, -0.15) is 0 Å². The lowest BCUT2D eigenvalue weighted by molar-refractivity contribution is 0.249. The van der Waals surface area contributed by atoms with Gasteiger partial charge in [0.05, 0.1) is 26.8 Å². The van der Waals surface area contributed by atoms with E-state index in [2.05, 4.69) is 40.0 Å². The van der Waals surface area contributed by atoms with E-state index in [1.807, 2.05) is 29.5 Å². The molecule has 2 N–H and O–H groups in total. The molecule has 1 unspecified atom stereocenters. The van der Waals surface area contributed by atoms with E-state index in [0.29, 0.717) is 12.6 Å². The van der Waals surface area contributed by atoms with Crippen molar-refractivity contribution in [3.63, 3.8) is 0 Å². The van der Waals surface area contributed by atoms with Crippen LogP contribution in [0.3, 0.4) is 0 Å². The molecule has 0 radical (unpaired) electrons. The van der Waals surface area contributed by atoms with Crippen LogP contribution in [0.15, 0.2) is 40.7 Å². The van der Waals surface area contributed by atoms with Gasteiger partial charge < -0.3 is 20.1 Å². The number of methoxy groups -OCH3 is 2. The van der Waals surface area contributed by atoms with Crippen LogP contribution in [0.2, 0.25) is 0 Å². The van der Waals surface area contributed by atoms with E-state index in [1.165, 1.54) is 30.8 Å². The minimum absolute atomic E-state index is 0.382. The van der Waals surface area contributed by atoms with E-state index < -0.39 is 0 Å². The maximum Gasteiger partial charge on any atom is 0.191 e. The molecule has 0 saturated carbocycles. The van der Waals surface area contributed by atoms with Crippen molar-refractivity contribution in [1.29, 1.82) is 0 Å². The van der Waals surface area contributed by atoms with Crippen LogP contribution in [0.5, 0.6) is 11.5 Å². The van der Waals surface area contributed by atoms with E-state index in [0.717, 1.165) is 36.1 Å². The molecule has 2 heterocycles. The first kappa shape index (κ1) is 21.5. The van der Waals surface area contributed by atoms with Gasteiger partial charge in [0.15, 0.2) is 17.5 Å². The Morgan fingerprint density at radius 2 is 1.97 bits per heavy atom. The number of ether oxygens (including phenoxy) is 2. The second-order valence-corrected chi connectivity index (χ2v) is 7.98. The third kappa shape index (κ3) is 5.64. The van der Waals surface area contributed by atoms with Gasteiger partial charge in [-0.3, -0.25) is 4.90 Å². The van der Waals surface area contributed by atoms with Gasteiger partial charge in [0.2, 0.25) is 0 Å². The molecule has 1 saturated heterocycles. The van der Waals surface area contributed by atoms with Gasteiger partial charge in [-0.15, -0.1) is 11.3 Å². The van der Waals surface area contributed by atoms with Crippen molar-refractivity contribution in [2.75, 3.05) is 40.4 Å². The molecule has 6 nitrogen and oxygen atoms in total. The number of hydrogen-bond donors (Lipinski definition) is 2. The Bertz CT molecular complexity index is 773. The zero-order chi connectivity index (χ0) is 20.5. The molecule has 29 heavy (non-hydrogen) atoms. The van der Waals surface area contributed by atoms with Gasteiger partial charge in [-0.25, -0.2) is 4.99 Å². The van der Waals surface area contributed by atoms with Gasteiger partial charge in [0.1, 0.15) is 0 Å². The average molecular weight is 417 g/mol. The van der Waals surface area contributed by atoms with Crippen LogP contribution < -0.4 is 20.1 Å². The maximum absolute atomic E-state index is 5.53. The summed E-state index contributed by atoms with van der Waals surface area (Å²) in [5, 5.41) is 9.08. The van der Waals surface area contributed by atoms with Gasteiger partial charge in [0.25, 0.3) is 0 Å². The van der Waals surface area contributed by atoms with Crippen molar-refractivity contribution in [2.24, 2.45) is 4.99 Å². The third-order valence-electron chi connectivity index (χ3n) is 5.15. The molecule has 1 aliphatic heterocycles. The highest BCUT2D eigenvalue weighted by atomic mass is 32.1. The zero-order valence-corrected chi connectivity index (χ0v) is 18.4. The van der Waals surface area contributed by atoms with Crippen LogP contribution in [-0.4, -0.2) is 51.3 Å². The summed E-state index contributed by atoms with van der Waals surface area (Å²) in [5.41, 5.74) is 0.999. The van der Waals surface area contributed by atoms with Crippen LogP contribution in [0.4, 0.5) is 0 Å². The van der Waals surface area contributed by atoms with Crippen LogP contribution in [0.1, 0.15) is 36.2 Å². The summed E-state index contributed by atoms with van der Waals surface area (Å²) in [6.07, 6.45) is 2.57. The van der Waals surface area contributed by atoms with Crippen molar-refractivity contribution < 1.29 is 9.47 Å². The lowest BCUT2D eigenvalue weighted by atomic mass is 10.2. The number of para-hydroxylation sites is 1. The Labute approximate surface area is 177 Å². The Morgan fingerprint density at radius 3 is 2.62 bits per heavy atom. The zero-order valence-electron chi connectivity index (χ0n) is 17.6. The minimum atomic E-state index is 0.382. The Hall–Kier alpha value is -2.25. The molecule has 1 fully saturated rings. The number of nitrogens with zero attached hydrogens (tertiary/aromatic N) is 2. The number of aliphatic imine (C=N–C) groups is 1. The first-order chi connectivity index (χ1) is 14.3. The first-order valence-electron chi connectivity index (χ1n) is 10.3. The highest BCUT2D eigenvalue weighted by Crippen LogP contribution is 2.31. The average Bonchev–Trinajstić information content (AvgIpc) is 3.46. The largest absolute Gasteiger partial charge is 0.493 e. The van der Waals surface area contributed by atoms with E-state index in [-0.39, 0.29) is 0 Å². The number of nitrogens with one attached hydrogen (secondary N) is 2. The monoisotopic (exact) mass is 416 g/mol. The lowest BCUT2D eigenvalue weighted by Gasteiger charge is -2.27. The summed E-state index contributed by atoms with van der Waals surface area (Å²) in [6.45, 7) is 6.58. The molecule has 0 bridgehead atoms. The molecule has 1 aromatic heterocycles. The molecule has 0 aliphatic carbocycles. The fraction of sp³-hybridized carbons (Fsp3) is 0.500. The lowest BCUT2D eigenvalue weighted by Crippen LogP contribution is -2.42. The minimum Gasteiger partial charge on any atom is -0.493 e. The van der Waals surface area contributed by atoms with Crippen LogP contribution in [0.25, 0.3) is 0 Å². The summed E-state index contributed by atoms with van der Waals surface area (Å²) in [7, 11) is 3.32. The normalized spacial score (nSPS) is 15.9. The fourth-order valence-corrected chi connectivity index (χ4v) is 4.58. The molecule has 1 atom stereocenters. The maximum atomic E-state index is 5.53. The summed E-state index contributed by atoms with van der Waals surface area (Å²) >= 11 is 1.83. The molecule has 7 heteroatoms. The van der Waals surface area contributed by atoms with Crippen LogP contribution in [-0.2, 0) is 6.54 Å². The van der Waals surface area contributed by atoms with E-state index >= 15 is 0 Å². The smallest absolute Gasteiger partial charge is 0.191 e. The van der Waals surface area contributed by atoms with E-state index in [1.54, 1.807) is 14.2 Å². The summed E-state index contributed by atoms with van der Waals surface area (Å²) in [5.74, 6) is 2.28. The number of hydrogen-bond acceptors (Lipinski definition) is 5. The highest BCUT2D eigenvalue weighted by Gasteiger charge is 2.24. The van der Waals surface area contributed by atoms with Crippen LogP contribution >= 0.6 is 11.3 Å².